The molecule has 2 heterocycles. The van der Waals surface area contributed by atoms with Gasteiger partial charge in [0.25, 0.3) is 0 Å². The van der Waals surface area contributed by atoms with E-state index in [0.29, 0.717) is 43.1 Å². The molecule has 1 aliphatic heterocycles. The van der Waals surface area contributed by atoms with Crippen molar-refractivity contribution in [1.29, 1.82) is 5.26 Å². The maximum Gasteiger partial charge on any atom is 0.241 e. The first-order valence-corrected chi connectivity index (χ1v) is 8.81. The number of aromatic nitrogens is 1. The molecule has 1 fully saturated rings. The highest BCUT2D eigenvalue weighted by Gasteiger charge is 2.27. The van der Waals surface area contributed by atoms with E-state index < -0.39 is 0 Å². The zero-order chi connectivity index (χ0) is 19.2. The smallest absolute Gasteiger partial charge is 0.241 e. The van der Waals surface area contributed by atoms with E-state index >= 15 is 0 Å². The van der Waals surface area contributed by atoms with Gasteiger partial charge in [-0.2, -0.15) is 5.26 Å². The second-order valence-corrected chi connectivity index (χ2v) is 6.51. The van der Waals surface area contributed by atoms with Crippen LogP contribution in [0.2, 0.25) is 0 Å². The van der Waals surface area contributed by atoms with Crippen LogP contribution in [-0.2, 0) is 9.59 Å². The molecular formula is C19H21N5O3. The van der Waals surface area contributed by atoms with E-state index in [2.05, 4.69) is 21.9 Å². The summed E-state index contributed by atoms with van der Waals surface area (Å²) >= 11 is 0. The number of aryl methyl sites for hydroxylation is 1. The van der Waals surface area contributed by atoms with Gasteiger partial charge in [0.15, 0.2) is 5.82 Å². The number of nitrogens with one attached hydrogen (secondary N) is 2. The maximum absolute atomic E-state index is 12.4. The van der Waals surface area contributed by atoms with Gasteiger partial charge in [-0.25, -0.2) is 0 Å². The Morgan fingerprint density at radius 2 is 2.00 bits per heavy atom. The monoisotopic (exact) mass is 367 g/mol. The summed E-state index contributed by atoms with van der Waals surface area (Å²) in [5.41, 5.74) is 1.37. The first-order valence-electron chi connectivity index (χ1n) is 8.81. The highest BCUT2D eigenvalue weighted by atomic mass is 16.5. The topological polar surface area (TPSA) is 111 Å². The molecule has 27 heavy (non-hydrogen) atoms. The summed E-state index contributed by atoms with van der Waals surface area (Å²) in [7, 11) is 0. The van der Waals surface area contributed by atoms with Crippen molar-refractivity contribution in [3.63, 3.8) is 0 Å². The van der Waals surface area contributed by atoms with Crippen LogP contribution in [0, 0.1) is 24.2 Å². The van der Waals surface area contributed by atoms with Crippen LogP contribution >= 0.6 is 0 Å². The van der Waals surface area contributed by atoms with Crippen molar-refractivity contribution >= 4 is 23.3 Å². The summed E-state index contributed by atoms with van der Waals surface area (Å²) in [5, 5.41) is 18.4. The molecule has 8 heteroatoms. The minimum Gasteiger partial charge on any atom is -0.376 e. The van der Waals surface area contributed by atoms with Crippen LogP contribution in [0.4, 0.5) is 11.5 Å². The summed E-state index contributed by atoms with van der Waals surface area (Å²) in [5.74, 6) is 0.817. The maximum atomic E-state index is 12.4. The number of piperidine rings is 1. The highest BCUT2D eigenvalue weighted by molar-refractivity contribution is 5.92. The van der Waals surface area contributed by atoms with Crippen LogP contribution in [0.3, 0.4) is 0 Å². The highest BCUT2D eigenvalue weighted by Crippen LogP contribution is 2.20. The van der Waals surface area contributed by atoms with Crippen LogP contribution in [0.5, 0.6) is 0 Å². The fraction of sp³-hybridized carbons (Fsp3) is 0.368. The molecule has 2 amide bonds. The number of nitrogens with zero attached hydrogens (tertiary/aromatic N) is 3. The van der Waals surface area contributed by atoms with E-state index in [9.17, 15) is 9.59 Å². The van der Waals surface area contributed by atoms with E-state index in [1.807, 2.05) is 0 Å². The van der Waals surface area contributed by atoms with Crippen LogP contribution < -0.4 is 10.6 Å². The number of likely N-dealkylation sites (tertiary alicyclic amines) is 1. The molecular weight excluding hydrogens is 346 g/mol. The zero-order valence-corrected chi connectivity index (χ0v) is 15.1. The Kier molecular flexibility index (Phi) is 5.71. The lowest BCUT2D eigenvalue weighted by molar-refractivity contribution is -0.132. The fourth-order valence-corrected chi connectivity index (χ4v) is 3.00. The summed E-state index contributed by atoms with van der Waals surface area (Å²) in [6, 6.07) is 10.7. The largest absolute Gasteiger partial charge is 0.376 e. The Bertz CT molecular complexity index is 845. The van der Waals surface area contributed by atoms with Gasteiger partial charge in [-0.1, -0.05) is 5.16 Å². The van der Waals surface area contributed by atoms with Gasteiger partial charge >= 0.3 is 0 Å². The average molecular weight is 367 g/mol. The molecule has 1 aromatic heterocycles. The molecule has 2 N–H and O–H groups in total. The molecule has 1 aromatic carbocycles. The third-order valence-corrected chi connectivity index (χ3v) is 4.56. The number of amides is 2. The van der Waals surface area contributed by atoms with Crippen molar-refractivity contribution in [2.24, 2.45) is 5.92 Å². The fourth-order valence-electron chi connectivity index (χ4n) is 3.00. The molecule has 1 saturated heterocycles. The summed E-state index contributed by atoms with van der Waals surface area (Å²) in [4.78, 5) is 26.4. The Hall–Kier alpha value is -3.34. The van der Waals surface area contributed by atoms with Gasteiger partial charge in [-0.05, 0) is 44.0 Å². The number of benzene rings is 1. The standard InChI is InChI=1S/C19H21N5O3/c1-13-10-17(23-27-13)22-19(26)15-6-8-24(9-7-15)18(25)12-21-16-4-2-14(11-20)3-5-16/h2-5,10,15,21H,6-9,12H2,1H3,(H,22,23,26). The predicted octanol–water partition coefficient (Wildman–Crippen LogP) is 2.14. The predicted molar refractivity (Wildman–Crippen MR) is 98.8 cm³/mol. The second-order valence-electron chi connectivity index (χ2n) is 6.51. The van der Waals surface area contributed by atoms with Crippen molar-refractivity contribution in [2.45, 2.75) is 19.8 Å². The lowest BCUT2D eigenvalue weighted by Gasteiger charge is -2.31. The van der Waals surface area contributed by atoms with Crippen LogP contribution in [0.15, 0.2) is 34.9 Å². The number of hydrogen-bond donors (Lipinski definition) is 2. The SMILES string of the molecule is Cc1cc(NC(=O)C2CCN(C(=O)CNc3ccc(C#N)cc3)CC2)no1. The first-order chi connectivity index (χ1) is 13.0. The molecule has 0 bridgehead atoms. The molecule has 0 aliphatic carbocycles. The van der Waals surface area contributed by atoms with Crippen LogP contribution in [0.1, 0.15) is 24.2 Å². The number of hydrogen-bond acceptors (Lipinski definition) is 6. The third-order valence-electron chi connectivity index (χ3n) is 4.56. The summed E-state index contributed by atoms with van der Waals surface area (Å²) in [6.07, 6.45) is 1.23. The molecule has 1 aliphatic rings. The molecule has 140 valence electrons. The van der Waals surface area contributed by atoms with Gasteiger partial charge in [0.05, 0.1) is 18.2 Å². The first kappa shape index (κ1) is 18.5. The van der Waals surface area contributed by atoms with E-state index in [1.54, 1.807) is 42.2 Å². The van der Waals surface area contributed by atoms with Crippen molar-refractivity contribution in [3.8, 4) is 6.07 Å². The third kappa shape index (κ3) is 4.85. The number of rotatable bonds is 5. The van der Waals surface area contributed by atoms with E-state index in [4.69, 9.17) is 9.78 Å². The molecule has 0 radical (unpaired) electrons. The minimum absolute atomic E-state index is 0.00894. The zero-order valence-electron chi connectivity index (χ0n) is 15.1. The van der Waals surface area contributed by atoms with E-state index in [0.717, 1.165) is 5.69 Å². The molecule has 8 nitrogen and oxygen atoms in total. The average Bonchev–Trinajstić information content (AvgIpc) is 3.11. The van der Waals surface area contributed by atoms with Gasteiger partial charge in [0.2, 0.25) is 11.8 Å². The second kappa shape index (κ2) is 8.36. The Morgan fingerprint density at radius 3 is 2.59 bits per heavy atom. The lowest BCUT2D eigenvalue weighted by Crippen LogP contribution is -2.43. The van der Waals surface area contributed by atoms with Gasteiger partial charge in [0, 0.05) is 30.8 Å². The molecule has 0 atom stereocenters. The number of nitriles is 1. The van der Waals surface area contributed by atoms with E-state index in [-0.39, 0.29) is 24.3 Å². The van der Waals surface area contributed by atoms with Crippen molar-refractivity contribution in [1.82, 2.24) is 10.1 Å². The normalized spacial score (nSPS) is 14.4. The van der Waals surface area contributed by atoms with Gasteiger partial charge in [-0.15, -0.1) is 0 Å². The molecule has 0 saturated carbocycles. The van der Waals surface area contributed by atoms with Crippen molar-refractivity contribution in [2.75, 3.05) is 30.3 Å². The number of carbonyl (C=O) groups excluding carboxylic acids is 2. The molecule has 3 rings (SSSR count). The quantitative estimate of drug-likeness (QED) is 0.837. The Morgan fingerprint density at radius 1 is 1.30 bits per heavy atom. The van der Waals surface area contributed by atoms with Crippen LogP contribution in [-0.4, -0.2) is 41.5 Å². The minimum atomic E-state index is -0.141. The molecule has 0 spiro atoms. The summed E-state index contributed by atoms with van der Waals surface area (Å²) < 4.78 is 4.94. The Labute approximate surface area is 157 Å². The Balaban J connectivity index is 1.43. The summed E-state index contributed by atoms with van der Waals surface area (Å²) in [6.45, 7) is 3.03. The number of anilines is 2. The van der Waals surface area contributed by atoms with Crippen molar-refractivity contribution < 1.29 is 14.1 Å². The van der Waals surface area contributed by atoms with Crippen molar-refractivity contribution in [3.05, 3.63) is 41.7 Å². The molecule has 2 aromatic rings. The lowest BCUT2D eigenvalue weighted by atomic mass is 9.96. The van der Waals surface area contributed by atoms with Gasteiger partial charge in [-0.3, -0.25) is 9.59 Å². The van der Waals surface area contributed by atoms with E-state index in [1.165, 1.54) is 0 Å². The van der Waals surface area contributed by atoms with Gasteiger partial charge in [0.1, 0.15) is 5.76 Å². The van der Waals surface area contributed by atoms with Gasteiger partial charge < -0.3 is 20.1 Å². The number of carbonyl (C=O) groups is 2. The van der Waals surface area contributed by atoms with Crippen LogP contribution in [0.25, 0.3) is 0 Å². The molecule has 0 unspecified atom stereocenters.